The number of amides is 2. The molecule has 0 bridgehead atoms. The predicted octanol–water partition coefficient (Wildman–Crippen LogP) is 3.76. The Bertz CT molecular complexity index is 1180. The molecule has 2 heterocycles. The fourth-order valence-corrected chi connectivity index (χ4v) is 4.51. The maximum Gasteiger partial charge on any atom is 0.419 e. The highest BCUT2D eigenvalue weighted by molar-refractivity contribution is 7.81. The number of alkyl halides is 3. The van der Waals surface area contributed by atoms with E-state index >= 15 is 0 Å². The van der Waals surface area contributed by atoms with Crippen LogP contribution in [-0.4, -0.2) is 27.8 Å². The number of aromatic nitrogens is 1. The number of anilines is 2. The molecule has 2 amide bonds. The fourth-order valence-electron chi connectivity index (χ4n) is 3.85. The van der Waals surface area contributed by atoms with Crippen molar-refractivity contribution in [3.63, 3.8) is 0 Å². The van der Waals surface area contributed by atoms with Crippen LogP contribution in [0.3, 0.4) is 0 Å². The zero-order chi connectivity index (χ0) is 25.4. The van der Waals surface area contributed by atoms with Crippen LogP contribution in [0.1, 0.15) is 43.5 Å². The molecule has 0 spiro atoms. The van der Waals surface area contributed by atoms with Gasteiger partial charge in [0.2, 0.25) is 5.91 Å². The zero-order valence-corrected chi connectivity index (χ0v) is 19.1. The van der Waals surface area contributed by atoms with Crippen molar-refractivity contribution in [2.24, 2.45) is 5.73 Å². The van der Waals surface area contributed by atoms with Crippen LogP contribution in [0, 0.1) is 17.1 Å². The minimum absolute atomic E-state index is 0.112. The molecule has 0 radical (unpaired) electrons. The van der Waals surface area contributed by atoms with Gasteiger partial charge in [-0.15, -0.1) is 12.6 Å². The number of halogens is 4. The van der Waals surface area contributed by atoms with E-state index in [1.165, 1.54) is 23.1 Å². The molecule has 12 heteroatoms. The number of thiol groups is 1. The first-order valence-corrected chi connectivity index (χ1v) is 10.7. The summed E-state index contributed by atoms with van der Waals surface area (Å²) in [5.74, 6) is -1.64. The Kier molecular flexibility index (Phi) is 6.80. The van der Waals surface area contributed by atoms with Gasteiger partial charge in [0.05, 0.1) is 17.4 Å². The molecule has 0 saturated carbocycles. The first-order valence-electron chi connectivity index (χ1n) is 10.1. The largest absolute Gasteiger partial charge is 0.419 e. The summed E-state index contributed by atoms with van der Waals surface area (Å²) in [5, 5.41) is 8.97. The Morgan fingerprint density at radius 1 is 1.29 bits per heavy atom. The SMILES string of the molecule is CC1(C)C(=O)N(c2cnc(C#N)c(C(F)(F)F)c2)C(S)N1c1ccc(CCCC(N)=O)c(F)c1. The Labute approximate surface area is 198 Å². The maximum atomic E-state index is 14.8. The molecule has 3 rings (SSSR count). The molecule has 1 aliphatic rings. The number of aryl methyl sites for hydroxylation is 1. The van der Waals surface area contributed by atoms with Crippen LogP contribution in [0.15, 0.2) is 30.5 Å². The molecule has 2 N–H and O–H groups in total. The number of hydrogen-bond acceptors (Lipinski definition) is 6. The van der Waals surface area contributed by atoms with Crippen LogP contribution in [0.5, 0.6) is 0 Å². The zero-order valence-electron chi connectivity index (χ0n) is 18.2. The number of carbonyl (C=O) groups is 2. The Morgan fingerprint density at radius 3 is 2.53 bits per heavy atom. The quantitative estimate of drug-likeness (QED) is 0.469. The maximum absolute atomic E-state index is 14.8. The molecular weight excluding hydrogens is 474 g/mol. The van der Waals surface area contributed by atoms with E-state index in [0.717, 1.165) is 11.1 Å². The van der Waals surface area contributed by atoms with E-state index < -0.39 is 46.1 Å². The number of rotatable bonds is 6. The van der Waals surface area contributed by atoms with E-state index in [4.69, 9.17) is 11.0 Å². The van der Waals surface area contributed by atoms with E-state index in [-0.39, 0.29) is 24.2 Å². The van der Waals surface area contributed by atoms with Crippen molar-refractivity contribution in [1.82, 2.24) is 4.98 Å². The average molecular weight is 496 g/mol. The molecule has 1 aromatic heterocycles. The molecule has 1 aromatic carbocycles. The van der Waals surface area contributed by atoms with Gasteiger partial charge in [-0.05, 0) is 50.5 Å². The number of nitrogens with two attached hydrogens (primary N) is 1. The van der Waals surface area contributed by atoms with Crippen LogP contribution in [0.25, 0.3) is 0 Å². The van der Waals surface area contributed by atoms with Gasteiger partial charge in [-0.1, -0.05) is 6.07 Å². The van der Waals surface area contributed by atoms with Gasteiger partial charge < -0.3 is 10.6 Å². The lowest BCUT2D eigenvalue weighted by Gasteiger charge is -2.33. The van der Waals surface area contributed by atoms with E-state index in [1.807, 2.05) is 0 Å². The minimum atomic E-state index is -4.86. The molecule has 1 fully saturated rings. The summed E-state index contributed by atoms with van der Waals surface area (Å²) in [4.78, 5) is 30.2. The van der Waals surface area contributed by atoms with Crippen LogP contribution >= 0.6 is 12.6 Å². The van der Waals surface area contributed by atoms with Crippen molar-refractivity contribution in [3.8, 4) is 6.07 Å². The highest BCUT2D eigenvalue weighted by Crippen LogP contribution is 2.42. The van der Waals surface area contributed by atoms with Crippen LogP contribution in [-0.2, 0) is 22.2 Å². The monoisotopic (exact) mass is 495 g/mol. The third kappa shape index (κ3) is 4.65. The van der Waals surface area contributed by atoms with Gasteiger partial charge in [-0.2, -0.15) is 18.4 Å². The first-order chi connectivity index (χ1) is 15.8. The van der Waals surface area contributed by atoms with Gasteiger partial charge in [0.25, 0.3) is 5.91 Å². The number of pyridine rings is 1. The highest BCUT2D eigenvalue weighted by Gasteiger charge is 2.52. The van der Waals surface area contributed by atoms with Gasteiger partial charge in [0.1, 0.15) is 17.4 Å². The third-order valence-electron chi connectivity index (χ3n) is 5.55. The molecule has 180 valence electrons. The number of nitrogens with zero attached hydrogens (tertiary/aromatic N) is 4. The molecule has 34 heavy (non-hydrogen) atoms. The number of nitriles is 1. The van der Waals surface area contributed by atoms with Crippen molar-refractivity contribution >= 4 is 35.8 Å². The van der Waals surface area contributed by atoms with Gasteiger partial charge in [0, 0.05) is 12.1 Å². The normalized spacial score (nSPS) is 17.7. The molecule has 1 atom stereocenters. The molecule has 1 saturated heterocycles. The first kappa shape index (κ1) is 25.3. The molecule has 7 nitrogen and oxygen atoms in total. The van der Waals surface area contributed by atoms with Gasteiger partial charge in [0.15, 0.2) is 11.2 Å². The average Bonchev–Trinajstić information content (AvgIpc) is 2.92. The van der Waals surface area contributed by atoms with Crippen molar-refractivity contribution in [3.05, 3.63) is 53.1 Å². The molecule has 1 aliphatic heterocycles. The Morgan fingerprint density at radius 2 is 1.97 bits per heavy atom. The minimum Gasteiger partial charge on any atom is -0.370 e. The van der Waals surface area contributed by atoms with Crippen molar-refractivity contribution in [2.45, 2.75) is 50.3 Å². The summed E-state index contributed by atoms with van der Waals surface area (Å²) in [7, 11) is 0. The Hall–Kier alpha value is -3.33. The van der Waals surface area contributed by atoms with Crippen molar-refractivity contribution in [1.29, 1.82) is 5.26 Å². The summed E-state index contributed by atoms with van der Waals surface area (Å²) in [6.07, 6.45) is -3.09. The van der Waals surface area contributed by atoms with Crippen molar-refractivity contribution in [2.75, 3.05) is 9.80 Å². The molecule has 0 aliphatic carbocycles. The molecule has 1 unspecified atom stereocenters. The summed E-state index contributed by atoms with van der Waals surface area (Å²) in [5.41, 5.74) is 1.08. The smallest absolute Gasteiger partial charge is 0.370 e. The highest BCUT2D eigenvalue weighted by atomic mass is 32.1. The predicted molar refractivity (Wildman–Crippen MR) is 119 cm³/mol. The van der Waals surface area contributed by atoms with Crippen LogP contribution in [0.2, 0.25) is 0 Å². The fraction of sp³-hybridized carbons (Fsp3) is 0.364. The number of primary amides is 1. The molecular formula is C22H21F4N5O2S. The van der Waals surface area contributed by atoms with Gasteiger partial charge in [-0.25, -0.2) is 9.37 Å². The molecule has 2 aromatic rings. The second-order valence-electron chi connectivity index (χ2n) is 8.25. The standard InChI is InChI=1S/C22H21F4N5O2S/c1-21(2)19(33)30(14-8-15(22(24,25)26)17(10-27)29-11-14)20(34)31(21)13-7-6-12(16(23)9-13)4-3-5-18(28)32/h6-9,11,20,34H,3-5H2,1-2H3,(H2,28,32). The lowest BCUT2D eigenvalue weighted by atomic mass is 10.0. The van der Waals surface area contributed by atoms with Gasteiger partial charge in [-0.3, -0.25) is 14.5 Å². The third-order valence-corrected chi connectivity index (χ3v) is 6.02. The number of carbonyl (C=O) groups excluding carboxylic acids is 2. The number of hydrogen-bond donors (Lipinski definition) is 2. The second-order valence-corrected chi connectivity index (χ2v) is 8.71. The van der Waals surface area contributed by atoms with E-state index in [1.54, 1.807) is 19.9 Å². The summed E-state index contributed by atoms with van der Waals surface area (Å²) < 4.78 is 55.0. The summed E-state index contributed by atoms with van der Waals surface area (Å²) in [6, 6.07) is 6.36. The van der Waals surface area contributed by atoms with E-state index in [2.05, 4.69) is 17.6 Å². The number of benzene rings is 1. The van der Waals surface area contributed by atoms with Crippen LogP contribution in [0.4, 0.5) is 28.9 Å². The van der Waals surface area contributed by atoms with E-state index in [0.29, 0.717) is 18.1 Å². The Balaban J connectivity index is 1.97. The second kappa shape index (κ2) is 9.13. The van der Waals surface area contributed by atoms with E-state index in [9.17, 15) is 27.2 Å². The van der Waals surface area contributed by atoms with Gasteiger partial charge >= 0.3 is 6.18 Å². The van der Waals surface area contributed by atoms with Crippen molar-refractivity contribution < 1.29 is 27.2 Å². The topological polar surface area (TPSA) is 103 Å². The summed E-state index contributed by atoms with van der Waals surface area (Å²) in [6.45, 7) is 3.08. The lowest BCUT2D eigenvalue weighted by molar-refractivity contribution is -0.138. The summed E-state index contributed by atoms with van der Waals surface area (Å²) >= 11 is 4.46. The lowest BCUT2D eigenvalue weighted by Crippen LogP contribution is -2.45. The van der Waals surface area contributed by atoms with Crippen LogP contribution < -0.4 is 15.5 Å².